The number of hydrogen-bond acceptors (Lipinski definition) is 3. The van der Waals surface area contributed by atoms with Crippen LogP contribution >= 0.6 is 0 Å². The molecule has 13 rings (SSSR count). The van der Waals surface area contributed by atoms with E-state index in [1.54, 1.807) is 0 Å². The highest BCUT2D eigenvalue weighted by Crippen LogP contribution is 2.38. The Morgan fingerprint density at radius 1 is 0.343 bits per heavy atom. The molecule has 5 nitrogen and oxygen atoms in total. The van der Waals surface area contributed by atoms with E-state index in [1.165, 1.54) is 6.92 Å². The zero-order valence-corrected chi connectivity index (χ0v) is 36.2. The molecular formula is C64H45N5Si. The van der Waals surface area contributed by atoms with Crippen LogP contribution in [0.1, 0.15) is 63.1 Å². The molecule has 13 aromatic rings. The van der Waals surface area contributed by atoms with Crippen molar-refractivity contribution in [3.05, 3.63) is 259 Å². The molecule has 70 heavy (non-hydrogen) atoms. The van der Waals surface area contributed by atoms with E-state index in [9.17, 15) is 30.2 Å². The summed E-state index contributed by atoms with van der Waals surface area (Å²) in [6.07, 6.45) is 0. The second-order valence-corrected chi connectivity index (χ2v) is 18.3. The van der Waals surface area contributed by atoms with Gasteiger partial charge in [0.05, 0.1) is 85.3 Å². The number of hydrogen-bond donors (Lipinski definition) is 0. The summed E-state index contributed by atoms with van der Waals surface area (Å²) in [6.45, 7) is 1.22. The molecule has 3 heterocycles. The molecule has 0 aliphatic heterocycles. The summed E-state index contributed by atoms with van der Waals surface area (Å²) in [5.74, 6) is -3.30. The van der Waals surface area contributed by atoms with Gasteiger partial charge < -0.3 is 4.57 Å². The maximum Gasteiger partial charge on any atom is 0.238 e. The van der Waals surface area contributed by atoms with Crippen LogP contribution in [0.5, 0.6) is 0 Å². The minimum atomic E-state index is -6.50. The van der Waals surface area contributed by atoms with Crippen LogP contribution in [0.2, 0.25) is 0 Å². The zero-order valence-electron chi connectivity index (χ0n) is 77.2. The third kappa shape index (κ3) is 6.64. The van der Waals surface area contributed by atoms with Crippen molar-refractivity contribution < 1.29 is 57.6 Å². The molecule has 0 radical (unpaired) electrons. The van der Waals surface area contributed by atoms with Gasteiger partial charge >= 0.3 is 0 Å². The predicted molar refractivity (Wildman–Crippen MR) is 293 cm³/mol. The van der Waals surface area contributed by atoms with Gasteiger partial charge in [0.2, 0.25) is 5.95 Å². The number of para-hydroxylation sites is 5. The Hall–Kier alpha value is -8.97. The number of nitrogens with zero attached hydrogens (tertiary/aromatic N) is 5. The van der Waals surface area contributed by atoms with E-state index in [-0.39, 0.29) is 5.56 Å². The van der Waals surface area contributed by atoms with Gasteiger partial charge in [-0.25, -0.2) is 4.98 Å². The molecule has 0 aliphatic carbocycles. The van der Waals surface area contributed by atoms with Crippen LogP contribution in [-0.2, 0) is 0 Å². The second kappa shape index (κ2) is 17.0. The van der Waals surface area contributed by atoms with Crippen LogP contribution in [0.15, 0.2) is 254 Å². The summed E-state index contributed by atoms with van der Waals surface area (Å²) in [6, 6.07) is -49.0. The lowest BCUT2D eigenvalue weighted by molar-refractivity contribution is 0.949. The molecule has 0 bridgehead atoms. The molecule has 0 fully saturated rings. The highest BCUT2D eigenvalue weighted by molar-refractivity contribution is 7.19. The quantitative estimate of drug-likeness (QED) is 0.107. The van der Waals surface area contributed by atoms with Crippen LogP contribution in [0.25, 0.3) is 89.2 Å². The topological polar surface area (TPSA) is 48.5 Å². The predicted octanol–water partition coefficient (Wildman–Crippen LogP) is 12.8. The fourth-order valence-corrected chi connectivity index (χ4v) is 11.6. The van der Waals surface area contributed by atoms with Crippen molar-refractivity contribution in [3.8, 4) is 45.5 Å². The summed E-state index contributed by atoms with van der Waals surface area (Å²) in [5.41, 5.74) is -8.42. The van der Waals surface area contributed by atoms with Gasteiger partial charge in [-0.05, 0) is 74.6 Å². The van der Waals surface area contributed by atoms with E-state index in [2.05, 4.69) is 15.0 Å². The average Bonchev–Trinajstić information content (AvgIpc) is 1.33. The zero-order chi connectivity index (χ0) is 83.1. The van der Waals surface area contributed by atoms with E-state index >= 15 is 0 Å². The molecule has 10 aromatic carbocycles. The Morgan fingerprint density at radius 3 is 1.33 bits per heavy atom. The third-order valence-corrected chi connectivity index (χ3v) is 15.1. The van der Waals surface area contributed by atoms with Crippen molar-refractivity contribution >= 4 is 72.4 Å². The van der Waals surface area contributed by atoms with E-state index in [1.807, 2.05) is 0 Å². The number of fused-ring (bicyclic) bond motifs is 6. The molecule has 0 unspecified atom stereocenters. The molecule has 0 aliphatic rings. The lowest BCUT2D eigenvalue weighted by Gasteiger charge is -2.34. The summed E-state index contributed by atoms with van der Waals surface area (Å²) >= 11 is 0. The molecule has 0 N–H and O–H groups in total. The second-order valence-electron chi connectivity index (χ2n) is 14.8. The monoisotopic (exact) mass is 954 g/mol. The van der Waals surface area contributed by atoms with Gasteiger partial charge in [0.25, 0.3) is 0 Å². The third-order valence-electron chi connectivity index (χ3n) is 11.1. The molecule has 330 valence electrons. The van der Waals surface area contributed by atoms with Crippen molar-refractivity contribution in [1.29, 1.82) is 0 Å². The van der Waals surface area contributed by atoms with Gasteiger partial charge in [-0.2, -0.15) is 9.97 Å². The number of aryl methyl sites for hydroxylation is 1. The van der Waals surface area contributed by atoms with Crippen LogP contribution in [0.4, 0.5) is 0 Å². The Morgan fingerprint density at radius 2 is 0.757 bits per heavy atom. The fourth-order valence-electron chi connectivity index (χ4n) is 8.13. The van der Waals surface area contributed by atoms with E-state index in [0.29, 0.717) is 4.57 Å². The van der Waals surface area contributed by atoms with E-state index in [4.69, 9.17) is 27.4 Å². The normalized spacial score (nSPS) is 20.2. The van der Waals surface area contributed by atoms with Gasteiger partial charge in [0.1, 0.15) is 0 Å². The summed E-state index contributed by atoms with van der Waals surface area (Å²) in [7, 11) is -6.50. The van der Waals surface area contributed by atoms with Crippen molar-refractivity contribution in [3.63, 3.8) is 0 Å². The Bertz CT molecular complexity index is 6160. The average molecular weight is 954 g/mol. The number of rotatable bonds is 9. The van der Waals surface area contributed by atoms with E-state index in [0.717, 1.165) is 4.57 Å². The minimum absolute atomic E-state index is 0.280. The lowest BCUT2D eigenvalue weighted by Crippen LogP contribution is -2.74. The maximum atomic E-state index is 10.1. The first-order valence-electron chi connectivity index (χ1n) is 41.4. The van der Waals surface area contributed by atoms with E-state index < -0.39 is 372 Å². The molecule has 0 saturated heterocycles. The molecule has 0 atom stereocenters. The smallest absolute Gasteiger partial charge is 0.238 e. The van der Waals surface area contributed by atoms with Gasteiger partial charge in [0, 0.05) is 32.7 Å². The van der Waals surface area contributed by atoms with Crippen molar-refractivity contribution in [1.82, 2.24) is 24.1 Å². The van der Waals surface area contributed by atoms with Crippen molar-refractivity contribution in [2.24, 2.45) is 0 Å². The maximum absolute atomic E-state index is 10.1. The first kappa shape index (κ1) is 16.6. The van der Waals surface area contributed by atoms with Crippen LogP contribution < -0.4 is 20.7 Å². The minimum Gasteiger partial charge on any atom is -0.309 e. The Balaban J connectivity index is 1.21. The Labute approximate surface area is 466 Å². The number of benzene rings is 10. The summed E-state index contributed by atoms with van der Waals surface area (Å²) in [5, 5.41) is -7.27. The largest absolute Gasteiger partial charge is 0.309 e. The van der Waals surface area contributed by atoms with Crippen LogP contribution in [0, 0.1) is 6.92 Å². The fraction of sp³-hybridized carbons (Fsp3) is 0.0156. The highest BCUT2D eigenvalue weighted by Gasteiger charge is 2.41. The van der Waals surface area contributed by atoms with Crippen molar-refractivity contribution in [2.75, 3.05) is 0 Å². The van der Waals surface area contributed by atoms with Gasteiger partial charge in [-0.3, -0.25) is 4.57 Å². The first-order valence-corrected chi connectivity index (χ1v) is 22.4. The molecular weight excluding hydrogens is 867 g/mol. The summed E-state index contributed by atoms with van der Waals surface area (Å²) in [4.78, 5) is 13.7. The van der Waals surface area contributed by atoms with Crippen LogP contribution in [-0.4, -0.2) is 32.2 Å². The molecule has 6 heteroatoms. The SMILES string of the molecule is [2H]c1c([2H])c([2H])c([Si](c2c([2H])c([2H])c([2H])c([2H])c2[2H])(c2c([2H])c([2H])c([2H])c([2H])c2[2H])c2c([2H])c([2H])c(-c3c([2H])c([2H])c(-c4nc(-c5c([2H])c([2H])c([2H])c([2H])c5-n5c6c([2H])c([2H])c([2H])c([2H])c6c6c([2H])c([2H])c([2H])c([2H])c65)nc(-n5c6c([2H])c([2H])c([2H])c([2H])c6c6c([2H])c([2H])c([2H])c(C)c65)n4)c([2H])c3[2H])c([2H])c2[2H])c([2H])c1[2H]. The molecule has 0 amide bonds. The Kier molecular flexibility index (Phi) is 4.03. The molecule has 3 aromatic heterocycles. The van der Waals surface area contributed by atoms with Crippen molar-refractivity contribution in [2.45, 2.75) is 6.92 Å². The number of aromatic nitrogens is 5. The van der Waals surface area contributed by atoms with Gasteiger partial charge in [0.15, 0.2) is 19.7 Å². The standard InChI is InChI=1S/C64H45N5Si/c1-44-20-19-31-55-54-29-13-17-34-59(54)69(61(44)55)64-66-62(65-63(67-64)56-30-14-18-35-60(56)68-57-32-15-11-27-52(57)53-28-12-16-33-58(53)68)47-38-36-45(37-39-47)46-40-42-51(43-41-46)70(48-21-5-2-6-22-48,49-23-7-3-8-24-49)50-25-9-4-10-26-50/h2-43H,1H3/i2D,3D,4D,5D,6D,7D,8D,9D,10D,11D,12D,13D,14D,15D,16D,17D,18D,19D,20D,21D,22D,23D,24D,25D,26D,27D,28D,29D,30D,31D,32D,33D,34D,35D,36D,37D,38D,39D,40D,41D,42D,43D. The first-order chi connectivity index (χ1) is 52.1. The highest BCUT2D eigenvalue weighted by atomic mass is 28.3. The van der Waals surface area contributed by atoms with Gasteiger partial charge in [-0.1, -0.05) is 224 Å². The van der Waals surface area contributed by atoms with Gasteiger partial charge in [-0.15, -0.1) is 0 Å². The molecule has 0 saturated carbocycles. The summed E-state index contributed by atoms with van der Waals surface area (Å²) < 4.78 is 390. The van der Waals surface area contributed by atoms with Crippen LogP contribution in [0.3, 0.4) is 0 Å². The lowest BCUT2D eigenvalue weighted by atomic mass is 10.0. The molecule has 0 spiro atoms.